The predicted octanol–water partition coefficient (Wildman–Crippen LogP) is 2.68. The van der Waals surface area contributed by atoms with Crippen LogP contribution < -0.4 is 10.6 Å². The second-order valence-corrected chi connectivity index (χ2v) is 7.02. The maximum Gasteiger partial charge on any atom is 0.241 e. The Balaban J connectivity index is 0.00000392. The first-order valence-electron chi connectivity index (χ1n) is 10.1. The van der Waals surface area contributed by atoms with Gasteiger partial charge in [-0.1, -0.05) is 30.3 Å². The van der Waals surface area contributed by atoms with Crippen molar-refractivity contribution >= 4 is 35.8 Å². The molecule has 158 valence electrons. The minimum atomic E-state index is -0.0424. The van der Waals surface area contributed by atoms with Gasteiger partial charge in [0.25, 0.3) is 0 Å². The average Bonchev–Trinajstić information content (AvgIpc) is 2.71. The van der Waals surface area contributed by atoms with E-state index in [-0.39, 0.29) is 36.4 Å². The van der Waals surface area contributed by atoms with Crippen LogP contribution in [0.4, 0.5) is 0 Å². The van der Waals surface area contributed by atoms with Crippen molar-refractivity contribution in [3.8, 4) is 0 Å². The monoisotopic (exact) mass is 502 g/mol. The number of nitrogens with zero attached hydrogens (tertiary/aromatic N) is 2. The van der Waals surface area contributed by atoms with Gasteiger partial charge in [0.15, 0.2) is 5.96 Å². The first-order valence-corrected chi connectivity index (χ1v) is 10.1. The lowest BCUT2D eigenvalue weighted by molar-refractivity contribution is -0.119. The van der Waals surface area contributed by atoms with Gasteiger partial charge in [0.05, 0.1) is 0 Å². The zero-order valence-electron chi connectivity index (χ0n) is 17.2. The SMILES string of the molecule is CCNC(=NCC(=O)NCCc1ccccc1)N(C)CCC1CCOCC1.I. The molecule has 1 heterocycles. The van der Waals surface area contributed by atoms with Crippen LogP contribution in [-0.4, -0.2) is 63.2 Å². The number of ether oxygens (including phenoxy) is 1. The molecule has 7 heteroatoms. The molecule has 1 fully saturated rings. The smallest absolute Gasteiger partial charge is 0.241 e. The van der Waals surface area contributed by atoms with E-state index in [1.807, 2.05) is 32.2 Å². The van der Waals surface area contributed by atoms with Crippen LogP contribution in [0, 0.1) is 5.92 Å². The third-order valence-corrected chi connectivity index (χ3v) is 4.86. The van der Waals surface area contributed by atoms with Crippen molar-refractivity contribution in [2.24, 2.45) is 10.9 Å². The normalized spacial score (nSPS) is 14.9. The fourth-order valence-corrected chi connectivity index (χ4v) is 3.18. The highest BCUT2D eigenvalue weighted by molar-refractivity contribution is 14.0. The van der Waals surface area contributed by atoms with Crippen LogP contribution in [0.1, 0.15) is 31.7 Å². The summed E-state index contributed by atoms with van der Waals surface area (Å²) in [6.45, 7) is 6.31. The van der Waals surface area contributed by atoms with E-state index in [2.05, 4.69) is 32.7 Å². The lowest BCUT2D eigenvalue weighted by atomic mass is 9.96. The first-order chi connectivity index (χ1) is 13.2. The summed E-state index contributed by atoms with van der Waals surface area (Å²) in [7, 11) is 2.04. The Morgan fingerprint density at radius 1 is 1.21 bits per heavy atom. The van der Waals surface area contributed by atoms with Crippen LogP contribution in [-0.2, 0) is 16.0 Å². The van der Waals surface area contributed by atoms with Crippen molar-refractivity contribution in [3.05, 3.63) is 35.9 Å². The summed E-state index contributed by atoms with van der Waals surface area (Å²) in [5, 5.41) is 6.22. The van der Waals surface area contributed by atoms with Crippen molar-refractivity contribution in [2.75, 3.05) is 46.4 Å². The number of carbonyl (C=O) groups excluding carboxylic acids is 1. The third-order valence-electron chi connectivity index (χ3n) is 4.86. The molecular formula is C21H35IN4O2. The standard InChI is InChI=1S/C21H34N4O2.HI/c1-3-22-21(25(2)14-10-19-11-15-27-16-12-19)24-17-20(26)23-13-9-18-7-5-4-6-8-18;/h4-8,19H,3,9-17H2,1-2H3,(H,22,24)(H,23,26);1H. The lowest BCUT2D eigenvalue weighted by Gasteiger charge is -2.26. The minimum absolute atomic E-state index is 0. The van der Waals surface area contributed by atoms with Crippen molar-refractivity contribution in [1.29, 1.82) is 0 Å². The maximum absolute atomic E-state index is 12.1. The summed E-state index contributed by atoms with van der Waals surface area (Å²) >= 11 is 0. The Labute approximate surface area is 186 Å². The Morgan fingerprint density at radius 3 is 2.61 bits per heavy atom. The number of rotatable bonds is 9. The zero-order chi connectivity index (χ0) is 19.3. The maximum atomic E-state index is 12.1. The molecule has 0 bridgehead atoms. The summed E-state index contributed by atoms with van der Waals surface area (Å²) < 4.78 is 5.42. The van der Waals surface area contributed by atoms with Crippen LogP contribution in [0.2, 0.25) is 0 Å². The molecule has 1 aliphatic rings. The highest BCUT2D eigenvalue weighted by Crippen LogP contribution is 2.18. The molecule has 1 aliphatic heterocycles. The molecule has 1 amide bonds. The van der Waals surface area contributed by atoms with E-state index in [1.165, 1.54) is 5.56 Å². The summed E-state index contributed by atoms with van der Waals surface area (Å²) in [4.78, 5) is 18.7. The summed E-state index contributed by atoms with van der Waals surface area (Å²) in [6, 6.07) is 10.2. The Bertz CT molecular complexity index is 577. The van der Waals surface area contributed by atoms with E-state index in [1.54, 1.807) is 0 Å². The summed E-state index contributed by atoms with van der Waals surface area (Å²) in [5.74, 6) is 1.48. The number of hydrogen-bond acceptors (Lipinski definition) is 3. The molecule has 0 radical (unpaired) electrons. The summed E-state index contributed by atoms with van der Waals surface area (Å²) in [6.07, 6.45) is 4.26. The zero-order valence-corrected chi connectivity index (χ0v) is 19.5. The highest BCUT2D eigenvalue weighted by atomic mass is 127. The number of carbonyl (C=O) groups is 1. The number of hydrogen-bond donors (Lipinski definition) is 2. The molecular weight excluding hydrogens is 467 g/mol. The molecule has 0 unspecified atom stereocenters. The van der Waals surface area contributed by atoms with E-state index >= 15 is 0 Å². The molecule has 0 aliphatic carbocycles. The quantitative estimate of drug-likeness (QED) is 0.310. The van der Waals surface area contributed by atoms with Crippen LogP contribution in [0.5, 0.6) is 0 Å². The predicted molar refractivity (Wildman–Crippen MR) is 125 cm³/mol. The molecule has 1 aromatic rings. The van der Waals surface area contributed by atoms with Gasteiger partial charge in [0.1, 0.15) is 6.54 Å². The van der Waals surface area contributed by atoms with Gasteiger partial charge in [0.2, 0.25) is 5.91 Å². The van der Waals surface area contributed by atoms with Gasteiger partial charge in [0, 0.05) is 39.9 Å². The van der Waals surface area contributed by atoms with Crippen LogP contribution in [0.15, 0.2) is 35.3 Å². The molecule has 28 heavy (non-hydrogen) atoms. The van der Waals surface area contributed by atoms with Crippen molar-refractivity contribution in [2.45, 2.75) is 32.6 Å². The number of guanidine groups is 1. The van der Waals surface area contributed by atoms with Gasteiger partial charge in [-0.05, 0) is 44.1 Å². The van der Waals surface area contributed by atoms with Crippen molar-refractivity contribution < 1.29 is 9.53 Å². The van der Waals surface area contributed by atoms with Crippen LogP contribution in [0.3, 0.4) is 0 Å². The molecule has 0 aromatic heterocycles. The first kappa shape index (κ1) is 24.7. The van der Waals surface area contributed by atoms with Crippen molar-refractivity contribution in [1.82, 2.24) is 15.5 Å². The topological polar surface area (TPSA) is 66.0 Å². The second kappa shape index (κ2) is 14.6. The molecule has 2 rings (SSSR count). The second-order valence-electron chi connectivity index (χ2n) is 7.02. The average molecular weight is 502 g/mol. The fraction of sp³-hybridized carbons (Fsp3) is 0.619. The number of amides is 1. The number of halogens is 1. The van der Waals surface area contributed by atoms with E-state index in [0.29, 0.717) is 6.54 Å². The Hall–Kier alpha value is -1.35. The van der Waals surface area contributed by atoms with E-state index in [0.717, 1.165) is 63.9 Å². The minimum Gasteiger partial charge on any atom is -0.381 e. The molecule has 2 N–H and O–H groups in total. The van der Waals surface area contributed by atoms with Gasteiger partial charge in [-0.15, -0.1) is 24.0 Å². The van der Waals surface area contributed by atoms with Gasteiger partial charge in [-0.2, -0.15) is 0 Å². The molecule has 0 atom stereocenters. The molecule has 0 saturated carbocycles. The van der Waals surface area contributed by atoms with E-state index in [9.17, 15) is 4.79 Å². The fourth-order valence-electron chi connectivity index (χ4n) is 3.18. The van der Waals surface area contributed by atoms with Gasteiger partial charge in [-0.25, -0.2) is 4.99 Å². The third kappa shape index (κ3) is 9.73. The summed E-state index contributed by atoms with van der Waals surface area (Å²) in [5.41, 5.74) is 1.22. The van der Waals surface area contributed by atoms with Gasteiger partial charge >= 0.3 is 0 Å². The number of nitrogens with one attached hydrogen (secondary N) is 2. The molecule has 6 nitrogen and oxygen atoms in total. The molecule has 1 saturated heterocycles. The molecule has 0 spiro atoms. The Morgan fingerprint density at radius 2 is 1.93 bits per heavy atom. The van der Waals surface area contributed by atoms with E-state index < -0.39 is 0 Å². The van der Waals surface area contributed by atoms with E-state index in [4.69, 9.17) is 4.74 Å². The number of benzene rings is 1. The largest absolute Gasteiger partial charge is 0.381 e. The highest BCUT2D eigenvalue weighted by Gasteiger charge is 2.15. The molecule has 1 aromatic carbocycles. The number of aliphatic imine (C=N–C) groups is 1. The van der Waals surface area contributed by atoms with Crippen LogP contribution >= 0.6 is 24.0 Å². The van der Waals surface area contributed by atoms with Gasteiger partial charge in [-0.3, -0.25) is 4.79 Å². The van der Waals surface area contributed by atoms with Crippen LogP contribution in [0.25, 0.3) is 0 Å². The Kier molecular flexibility index (Phi) is 12.9. The van der Waals surface area contributed by atoms with Crippen molar-refractivity contribution in [3.63, 3.8) is 0 Å². The van der Waals surface area contributed by atoms with Gasteiger partial charge < -0.3 is 20.3 Å². The lowest BCUT2D eigenvalue weighted by Crippen LogP contribution is -2.41.